The predicted octanol–water partition coefficient (Wildman–Crippen LogP) is 2.49. The molecule has 0 amide bonds. The standard InChI is InChI=1S/C13H23NO2SSi/c1-18(2,3)12-11-17(15,16)14-10-9-13-7-5-4-6-8-13/h4-8,14H,9-12H2,1-3H3. The molecule has 0 aliphatic carbocycles. The Morgan fingerprint density at radius 2 is 1.72 bits per heavy atom. The van der Waals surface area contributed by atoms with Gasteiger partial charge in [-0.15, -0.1) is 0 Å². The van der Waals surface area contributed by atoms with Gasteiger partial charge < -0.3 is 0 Å². The summed E-state index contributed by atoms with van der Waals surface area (Å²) in [6.45, 7) is 7.05. The average molecular weight is 285 g/mol. The molecule has 0 heterocycles. The summed E-state index contributed by atoms with van der Waals surface area (Å²) in [6.07, 6.45) is 0.743. The Kier molecular flexibility index (Phi) is 5.56. The lowest BCUT2D eigenvalue weighted by molar-refractivity contribution is 0.582. The first-order chi connectivity index (χ1) is 8.29. The van der Waals surface area contributed by atoms with Crippen LogP contribution in [-0.4, -0.2) is 28.8 Å². The number of benzene rings is 1. The van der Waals surface area contributed by atoms with Crippen LogP contribution in [0.4, 0.5) is 0 Å². The average Bonchev–Trinajstić information content (AvgIpc) is 2.27. The minimum Gasteiger partial charge on any atom is -0.215 e. The summed E-state index contributed by atoms with van der Waals surface area (Å²) in [5.41, 5.74) is 1.16. The van der Waals surface area contributed by atoms with Crippen molar-refractivity contribution in [2.75, 3.05) is 12.3 Å². The van der Waals surface area contributed by atoms with Crippen LogP contribution in [0.15, 0.2) is 30.3 Å². The first kappa shape index (κ1) is 15.4. The Morgan fingerprint density at radius 3 is 2.28 bits per heavy atom. The Balaban J connectivity index is 2.34. The molecule has 0 radical (unpaired) electrons. The van der Waals surface area contributed by atoms with Gasteiger partial charge in [0.1, 0.15) is 0 Å². The molecule has 0 aromatic heterocycles. The molecule has 0 saturated heterocycles. The third kappa shape index (κ3) is 6.93. The van der Waals surface area contributed by atoms with Crippen LogP contribution in [0.1, 0.15) is 5.56 Å². The Labute approximate surface area is 112 Å². The number of sulfonamides is 1. The van der Waals surface area contributed by atoms with Gasteiger partial charge in [0.25, 0.3) is 0 Å². The normalized spacial score (nSPS) is 12.6. The van der Waals surface area contributed by atoms with Gasteiger partial charge in [0, 0.05) is 14.6 Å². The molecule has 0 bridgehead atoms. The second-order valence-corrected chi connectivity index (χ2v) is 13.3. The Bertz CT molecular complexity index is 452. The van der Waals surface area contributed by atoms with E-state index in [1.54, 1.807) is 0 Å². The van der Waals surface area contributed by atoms with Crippen LogP contribution in [0.5, 0.6) is 0 Å². The van der Waals surface area contributed by atoms with Crippen molar-refractivity contribution in [1.29, 1.82) is 0 Å². The van der Waals surface area contributed by atoms with E-state index >= 15 is 0 Å². The number of hydrogen-bond donors (Lipinski definition) is 1. The van der Waals surface area contributed by atoms with Crippen LogP contribution < -0.4 is 4.72 Å². The molecule has 3 nitrogen and oxygen atoms in total. The summed E-state index contributed by atoms with van der Waals surface area (Å²) in [5, 5.41) is 0. The smallest absolute Gasteiger partial charge is 0.211 e. The molecular formula is C13H23NO2SSi. The highest BCUT2D eigenvalue weighted by Crippen LogP contribution is 2.09. The molecule has 0 spiro atoms. The van der Waals surface area contributed by atoms with Gasteiger partial charge in [-0.1, -0.05) is 50.0 Å². The van der Waals surface area contributed by atoms with Gasteiger partial charge in [-0.25, -0.2) is 13.1 Å². The summed E-state index contributed by atoms with van der Waals surface area (Å²) < 4.78 is 26.2. The molecule has 1 aromatic rings. The van der Waals surface area contributed by atoms with Crippen LogP contribution in [0.25, 0.3) is 0 Å². The van der Waals surface area contributed by atoms with Crippen molar-refractivity contribution >= 4 is 18.1 Å². The fourth-order valence-electron chi connectivity index (χ4n) is 1.51. The molecule has 0 saturated carbocycles. The first-order valence-corrected chi connectivity index (χ1v) is 11.7. The van der Waals surface area contributed by atoms with E-state index in [1.807, 2.05) is 30.3 Å². The molecule has 0 fully saturated rings. The minimum atomic E-state index is -3.10. The second kappa shape index (κ2) is 6.50. The minimum absolute atomic E-state index is 0.261. The van der Waals surface area contributed by atoms with E-state index in [4.69, 9.17) is 0 Å². The van der Waals surface area contributed by atoms with Gasteiger partial charge in [0.2, 0.25) is 10.0 Å². The lowest BCUT2D eigenvalue weighted by Crippen LogP contribution is -2.32. The molecule has 1 rings (SSSR count). The van der Waals surface area contributed by atoms with Gasteiger partial charge in [-0.3, -0.25) is 0 Å². The number of hydrogen-bond acceptors (Lipinski definition) is 2. The Morgan fingerprint density at radius 1 is 1.11 bits per heavy atom. The third-order valence-electron chi connectivity index (χ3n) is 2.70. The quantitative estimate of drug-likeness (QED) is 0.782. The zero-order chi connectivity index (χ0) is 13.6. The summed E-state index contributed by atoms with van der Waals surface area (Å²) in [7, 11) is -4.39. The Hall–Kier alpha value is -0.653. The van der Waals surface area contributed by atoms with Crippen molar-refractivity contribution in [1.82, 2.24) is 4.72 Å². The van der Waals surface area contributed by atoms with Crippen LogP contribution in [0.2, 0.25) is 25.7 Å². The van der Waals surface area contributed by atoms with Gasteiger partial charge in [0.15, 0.2) is 0 Å². The largest absolute Gasteiger partial charge is 0.215 e. The van der Waals surface area contributed by atoms with Crippen molar-refractivity contribution in [3.8, 4) is 0 Å². The zero-order valence-electron chi connectivity index (χ0n) is 11.4. The second-order valence-electron chi connectivity index (χ2n) is 5.76. The van der Waals surface area contributed by atoms with Crippen LogP contribution >= 0.6 is 0 Å². The lowest BCUT2D eigenvalue weighted by Gasteiger charge is -2.15. The van der Waals surface area contributed by atoms with Crippen molar-refractivity contribution in [2.45, 2.75) is 32.1 Å². The van der Waals surface area contributed by atoms with E-state index in [0.29, 0.717) is 6.54 Å². The molecule has 5 heteroatoms. The monoisotopic (exact) mass is 285 g/mol. The van der Waals surface area contributed by atoms with E-state index in [1.165, 1.54) is 0 Å². The topological polar surface area (TPSA) is 46.2 Å². The maximum atomic E-state index is 11.8. The van der Waals surface area contributed by atoms with Gasteiger partial charge in [-0.2, -0.15) is 0 Å². The fraction of sp³-hybridized carbons (Fsp3) is 0.538. The molecular weight excluding hydrogens is 262 g/mol. The molecule has 0 aliphatic rings. The van der Waals surface area contributed by atoms with Crippen molar-refractivity contribution in [2.24, 2.45) is 0 Å². The van der Waals surface area contributed by atoms with Crippen LogP contribution in [0.3, 0.4) is 0 Å². The molecule has 1 aromatic carbocycles. The van der Waals surface area contributed by atoms with E-state index in [-0.39, 0.29) is 5.75 Å². The van der Waals surface area contributed by atoms with Crippen molar-refractivity contribution in [3.63, 3.8) is 0 Å². The fourth-order valence-corrected chi connectivity index (χ4v) is 5.59. The van der Waals surface area contributed by atoms with Crippen LogP contribution in [0, 0.1) is 0 Å². The first-order valence-electron chi connectivity index (χ1n) is 6.30. The number of rotatable bonds is 7. The number of nitrogens with one attached hydrogen (secondary N) is 1. The summed E-state index contributed by atoms with van der Waals surface area (Å²) in [5.74, 6) is 0.261. The van der Waals surface area contributed by atoms with E-state index in [2.05, 4.69) is 24.4 Å². The highest BCUT2D eigenvalue weighted by molar-refractivity contribution is 7.89. The molecule has 0 atom stereocenters. The third-order valence-corrected chi connectivity index (χ3v) is 6.20. The van der Waals surface area contributed by atoms with E-state index in [0.717, 1.165) is 18.0 Å². The molecule has 18 heavy (non-hydrogen) atoms. The molecule has 0 unspecified atom stereocenters. The zero-order valence-corrected chi connectivity index (χ0v) is 13.3. The van der Waals surface area contributed by atoms with Gasteiger partial charge in [0.05, 0.1) is 5.75 Å². The lowest BCUT2D eigenvalue weighted by atomic mass is 10.2. The van der Waals surface area contributed by atoms with E-state index < -0.39 is 18.1 Å². The van der Waals surface area contributed by atoms with Crippen molar-refractivity contribution in [3.05, 3.63) is 35.9 Å². The van der Waals surface area contributed by atoms with Gasteiger partial charge >= 0.3 is 0 Å². The predicted molar refractivity (Wildman–Crippen MR) is 80.1 cm³/mol. The van der Waals surface area contributed by atoms with Crippen molar-refractivity contribution < 1.29 is 8.42 Å². The van der Waals surface area contributed by atoms with Gasteiger partial charge in [-0.05, 0) is 18.0 Å². The van der Waals surface area contributed by atoms with Crippen LogP contribution in [-0.2, 0) is 16.4 Å². The maximum absolute atomic E-state index is 11.8. The summed E-state index contributed by atoms with van der Waals surface area (Å²) in [6, 6.07) is 10.7. The molecule has 1 N–H and O–H groups in total. The highest BCUT2D eigenvalue weighted by Gasteiger charge is 2.18. The molecule has 0 aliphatic heterocycles. The highest BCUT2D eigenvalue weighted by atomic mass is 32.2. The van der Waals surface area contributed by atoms with E-state index in [9.17, 15) is 8.42 Å². The summed E-state index contributed by atoms with van der Waals surface area (Å²) in [4.78, 5) is 0. The SMILES string of the molecule is C[Si](C)(C)CCS(=O)(=O)NCCc1ccccc1. The molecule has 102 valence electrons. The summed E-state index contributed by atoms with van der Waals surface area (Å²) >= 11 is 0. The maximum Gasteiger partial charge on any atom is 0.211 e.